The molecule has 2 aromatic heterocycles. The van der Waals surface area contributed by atoms with Gasteiger partial charge in [-0.2, -0.15) is 0 Å². The smallest absolute Gasteiger partial charge is 0.257 e. The number of carbonyl (C=O) groups excluding carboxylic acids is 2. The molecule has 0 fully saturated rings. The van der Waals surface area contributed by atoms with E-state index in [0.29, 0.717) is 25.1 Å². The van der Waals surface area contributed by atoms with Crippen molar-refractivity contribution in [2.75, 3.05) is 7.11 Å². The van der Waals surface area contributed by atoms with Crippen LogP contribution >= 0.6 is 22.7 Å². The topological polar surface area (TPSA) is 46.6 Å². The lowest BCUT2D eigenvalue weighted by atomic mass is 9.94. The van der Waals surface area contributed by atoms with Crippen LogP contribution in [0.5, 0.6) is 0 Å². The SMILES string of the molecule is COC1CC=C(C(=O)N(Cc2cccs2)Cc2cccs2)C(=O)C1. The largest absolute Gasteiger partial charge is 0.381 e. The molecule has 0 saturated heterocycles. The number of rotatable bonds is 6. The minimum atomic E-state index is -0.184. The summed E-state index contributed by atoms with van der Waals surface area (Å²) in [5, 5.41) is 3.99. The van der Waals surface area contributed by atoms with Crippen LogP contribution in [-0.4, -0.2) is 29.8 Å². The molecule has 0 radical (unpaired) electrons. The number of methoxy groups -OCH3 is 1. The summed E-state index contributed by atoms with van der Waals surface area (Å²) in [5.74, 6) is -0.309. The first-order chi connectivity index (χ1) is 11.7. The third-order valence-corrected chi connectivity index (χ3v) is 5.73. The highest BCUT2D eigenvalue weighted by Crippen LogP contribution is 2.23. The molecule has 3 rings (SSSR count). The number of Topliss-reactive ketones (excluding diaryl/α,β-unsaturated/α-hetero) is 1. The number of thiophene rings is 2. The number of carbonyl (C=O) groups is 2. The van der Waals surface area contributed by atoms with Crippen LogP contribution in [0.2, 0.25) is 0 Å². The fraction of sp³-hybridized carbons (Fsp3) is 0.333. The number of amides is 1. The predicted octanol–water partition coefficient (Wildman–Crippen LogP) is 3.64. The van der Waals surface area contributed by atoms with Gasteiger partial charge >= 0.3 is 0 Å². The van der Waals surface area contributed by atoms with Crippen molar-refractivity contribution in [3.05, 3.63) is 56.4 Å². The lowest BCUT2D eigenvalue weighted by Crippen LogP contribution is -2.35. The molecular formula is C18H19NO3S2. The Morgan fingerprint density at radius 3 is 2.29 bits per heavy atom. The highest BCUT2D eigenvalue weighted by Gasteiger charge is 2.29. The Bertz CT molecular complexity index is 683. The zero-order chi connectivity index (χ0) is 16.9. The Morgan fingerprint density at radius 2 is 1.83 bits per heavy atom. The molecule has 24 heavy (non-hydrogen) atoms. The van der Waals surface area contributed by atoms with E-state index in [-0.39, 0.29) is 24.2 Å². The predicted molar refractivity (Wildman–Crippen MR) is 96.0 cm³/mol. The van der Waals surface area contributed by atoms with Gasteiger partial charge in [-0.3, -0.25) is 9.59 Å². The monoisotopic (exact) mass is 361 g/mol. The summed E-state index contributed by atoms with van der Waals surface area (Å²) >= 11 is 3.24. The Kier molecular flexibility index (Phi) is 5.60. The molecule has 1 unspecified atom stereocenters. The molecule has 1 atom stereocenters. The van der Waals surface area contributed by atoms with Gasteiger partial charge in [0.2, 0.25) is 0 Å². The third kappa shape index (κ3) is 4.01. The highest BCUT2D eigenvalue weighted by molar-refractivity contribution is 7.10. The average molecular weight is 361 g/mol. The maximum absolute atomic E-state index is 13.0. The van der Waals surface area contributed by atoms with Crippen molar-refractivity contribution < 1.29 is 14.3 Å². The second-order valence-corrected chi connectivity index (χ2v) is 7.72. The van der Waals surface area contributed by atoms with Crippen molar-refractivity contribution >= 4 is 34.4 Å². The van der Waals surface area contributed by atoms with E-state index in [1.807, 2.05) is 35.0 Å². The molecule has 0 saturated carbocycles. The lowest BCUT2D eigenvalue weighted by molar-refractivity contribution is -0.131. The van der Waals surface area contributed by atoms with Crippen LogP contribution < -0.4 is 0 Å². The molecule has 0 bridgehead atoms. The van der Waals surface area contributed by atoms with Gasteiger partial charge in [-0.15, -0.1) is 22.7 Å². The van der Waals surface area contributed by atoms with Crippen LogP contribution in [0.15, 0.2) is 46.7 Å². The average Bonchev–Trinajstić information content (AvgIpc) is 3.27. The quantitative estimate of drug-likeness (QED) is 0.738. The first-order valence-corrected chi connectivity index (χ1v) is 9.53. The Morgan fingerprint density at radius 1 is 1.21 bits per heavy atom. The molecule has 6 heteroatoms. The van der Waals surface area contributed by atoms with Gasteiger partial charge in [0.1, 0.15) is 0 Å². The van der Waals surface area contributed by atoms with Crippen molar-refractivity contribution in [3.63, 3.8) is 0 Å². The highest BCUT2D eigenvalue weighted by atomic mass is 32.1. The van der Waals surface area contributed by atoms with E-state index in [2.05, 4.69) is 0 Å². The zero-order valence-corrected chi connectivity index (χ0v) is 15.1. The Labute approximate surface area is 149 Å². The summed E-state index contributed by atoms with van der Waals surface area (Å²) in [6, 6.07) is 7.97. The molecule has 2 aromatic rings. The van der Waals surface area contributed by atoms with Crippen molar-refractivity contribution in [1.82, 2.24) is 4.90 Å². The molecule has 1 amide bonds. The summed E-state index contributed by atoms with van der Waals surface area (Å²) in [4.78, 5) is 29.3. The number of hydrogen-bond acceptors (Lipinski definition) is 5. The maximum atomic E-state index is 13.0. The summed E-state index contributed by atoms with van der Waals surface area (Å²) in [5.41, 5.74) is 0.302. The van der Waals surface area contributed by atoms with Crippen LogP contribution in [0.4, 0.5) is 0 Å². The zero-order valence-electron chi connectivity index (χ0n) is 13.4. The molecular weight excluding hydrogens is 342 g/mol. The number of ether oxygens (including phenoxy) is 1. The van der Waals surface area contributed by atoms with Gasteiger partial charge in [0.15, 0.2) is 5.78 Å². The minimum absolute atomic E-state index is 0.114. The number of nitrogens with zero attached hydrogens (tertiary/aromatic N) is 1. The van der Waals surface area contributed by atoms with Crippen LogP contribution in [0.3, 0.4) is 0 Å². The van der Waals surface area contributed by atoms with E-state index >= 15 is 0 Å². The van der Waals surface area contributed by atoms with Crippen molar-refractivity contribution in [3.8, 4) is 0 Å². The first kappa shape index (κ1) is 17.1. The third-order valence-electron chi connectivity index (χ3n) is 4.00. The molecule has 0 N–H and O–H groups in total. The van der Waals surface area contributed by atoms with Gasteiger partial charge in [-0.25, -0.2) is 0 Å². The van der Waals surface area contributed by atoms with Crippen molar-refractivity contribution in [2.45, 2.75) is 32.0 Å². The van der Waals surface area contributed by atoms with Gasteiger partial charge in [-0.05, 0) is 29.3 Å². The molecule has 1 aliphatic carbocycles. The van der Waals surface area contributed by atoms with Gasteiger partial charge in [0.05, 0.1) is 24.8 Å². The summed E-state index contributed by atoms with van der Waals surface area (Å²) in [6.45, 7) is 1.04. The number of hydrogen-bond donors (Lipinski definition) is 0. The van der Waals surface area contributed by atoms with Crippen LogP contribution in [0.25, 0.3) is 0 Å². The second kappa shape index (κ2) is 7.88. The van der Waals surface area contributed by atoms with E-state index in [0.717, 1.165) is 9.75 Å². The van der Waals surface area contributed by atoms with Gasteiger partial charge < -0.3 is 9.64 Å². The summed E-state index contributed by atoms with van der Waals surface area (Å²) in [7, 11) is 1.60. The molecule has 0 aliphatic heterocycles. The molecule has 0 spiro atoms. The first-order valence-electron chi connectivity index (χ1n) is 7.77. The molecule has 1 aliphatic rings. The molecule has 126 valence electrons. The fourth-order valence-corrected chi connectivity index (χ4v) is 4.14. The summed E-state index contributed by atoms with van der Waals surface area (Å²) < 4.78 is 5.23. The van der Waals surface area contributed by atoms with Crippen LogP contribution in [0, 0.1) is 0 Å². The Hall–Kier alpha value is -1.76. The van der Waals surface area contributed by atoms with Crippen molar-refractivity contribution in [2.24, 2.45) is 0 Å². The maximum Gasteiger partial charge on any atom is 0.257 e. The van der Waals surface area contributed by atoms with E-state index in [1.54, 1.807) is 40.8 Å². The molecule has 2 heterocycles. The molecule has 0 aromatic carbocycles. The Balaban J connectivity index is 1.80. The number of ketones is 1. The lowest BCUT2D eigenvalue weighted by Gasteiger charge is -2.25. The van der Waals surface area contributed by atoms with E-state index in [9.17, 15) is 9.59 Å². The van der Waals surface area contributed by atoms with Crippen LogP contribution in [-0.2, 0) is 27.4 Å². The van der Waals surface area contributed by atoms with E-state index in [1.165, 1.54) is 0 Å². The van der Waals surface area contributed by atoms with Gasteiger partial charge in [0.25, 0.3) is 5.91 Å². The fourth-order valence-electron chi connectivity index (χ4n) is 2.70. The normalized spacial score (nSPS) is 17.6. The minimum Gasteiger partial charge on any atom is -0.381 e. The van der Waals surface area contributed by atoms with Crippen LogP contribution in [0.1, 0.15) is 22.6 Å². The van der Waals surface area contributed by atoms with E-state index < -0.39 is 0 Å². The summed E-state index contributed by atoms with van der Waals surface area (Å²) in [6.07, 6.45) is 2.50. The van der Waals surface area contributed by atoms with Gasteiger partial charge in [0, 0.05) is 23.3 Å². The van der Waals surface area contributed by atoms with E-state index in [4.69, 9.17) is 4.74 Å². The second-order valence-electron chi connectivity index (χ2n) is 5.66. The standard InChI is InChI=1S/C18H19NO3S2/c1-22-13-6-7-16(17(20)10-13)18(21)19(11-14-4-2-8-23-14)12-15-5-3-9-24-15/h2-5,7-9,13H,6,10-12H2,1H3. The van der Waals surface area contributed by atoms with Gasteiger partial charge in [-0.1, -0.05) is 18.2 Å². The molecule has 4 nitrogen and oxygen atoms in total. The van der Waals surface area contributed by atoms with Crippen molar-refractivity contribution in [1.29, 1.82) is 0 Å².